The molecule has 1 aliphatic heterocycles. The molecule has 2 aliphatic rings. The van der Waals surface area contributed by atoms with Crippen LogP contribution >= 0.6 is 0 Å². The van der Waals surface area contributed by atoms with Gasteiger partial charge in [-0.2, -0.15) is 0 Å². The van der Waals surface area contributed by atoms with Gasteiger partial charge in [0.2, 0.25) is 5.91 Å². The maximum atomic E-state index is 12.9. The summed E-state index contributed by atoms with van der Waals surface area (Å²) in [6.45, 7) is 7.90. The van der Waals surface area contributed by atoms with Crippen LogP contribution in [0.3, 0.4) is 0 Å². The van der Waals surface area contributed by atoms with Gasteiger partial charge in [-0.3, -0.25) is 14.6 Å². The van der Waals surface area contributed by atoms with Gasteiger partial charge in [-0.15, -0.1) is 0 Å². The number of pyridine rings is 1. The summed E-state index contributed by atoms with van der Waals surface area (Å²) in [5.74, 6) is 2.49. The minimum Gasteiger partial charge on any atom is -0.490 e. The molecule has 0 radical (unpaired) electrons. The lowest BCUT2D eigenvalue weighted by Crippen LogP contribution is -2.41. The number of benzene rings is 1. The second-order valence-electron chi connectivity index (χ2n) is 10.2. The van der Waals surface area contributed by atoms with Crippen molar-refractivity contribution in [2.24, 2.45) is 17.8 Å². The van der Waals surface area contributed by atoms with Crippen LogP contribution in [0.15, 0.2) is 42.7 Å². The first-order chi connectivity index (χ1) is 16.4. The predicted molar refractivity (Wildman–Crippen MR) is 134 cm³/mol. The van der Waals surface area contributed by atoms with Gasteiger partial charge in [-0.1, -0.05) is 19.9 Å². The molecule has 182 valence electrons. The lowest BCUT2D eigenvalue weighted by Gasteiger charge is -2.32. The molecule has 1 aliphatic carbocycles. The van der Waals surface area contributed by atoms with Crippen molar-refractivity contribution in [3.63, 3.8) is 0 Å². The monoisotopic (exact) mass is 463 g/mol. The number of carbonyl (C=O) groups excluding carboxylic acids is 2. The van der Waals surface area contributed by atoms with Crippen LogP contribution < -0.4 is 10.1 Å². The van der Waals surface area contributed by atoms with Gasteiger partial charge >= 0.3 is 0 Å². The van der Waals surface area contributed by atoms with Crippen LogP contribution in [-0.4, -0.2) is 40.9 Å². The quantitative estimate of drug-likeness (QED) is 0.616. The Hall–Kier alpha value is -2.89. The fraction of sp³-hybridized carbons (Fsp3) is 0.536. The highest BCUT2D eigenvalue weighted by molar-refractivity contribution is 5.94. The Morgan fingerprint density at radius 3 is 2.44 bits per heavy atom. The van der Waals surface area contributed by atoms with Crippen LogP contribution in [0.2, 0.25) is 0 Å². The number of amides is 2. The first-order valence-electron chi connectivity index (χ1n) is 12.7. The number of anilines is 1. The number of rotatable bonds is 6. The summed E-state index contributed by atoms with van der Waals surface area (Å²) in [6, 6.07) is 9.49. The van der Waals surface area contributed by atoms with E-state index >= 15 is 0 Å². The highest BCUT2D eigenvalue weighted by atomic mass is 16.5. The van der Waals surface area contributed by atoms with E-state index in [2.05, 4.69) is 24.1 Å². The summed E-state index contributed by atoms with van der Waals surface area (Å²) in [4.78, 5) is 31.4. The third-order valence-corrected chi connectivity index (χ3v) is 7.47. The molecule has 1 aromatic carbocycles. The first-order valence-corrected chi connectivity index (χ1v) is 12.7. The van der Waals surface area contributed by atoms with Crippen LogP contribution in [0, 0.1) is 24.7 Å². The topological polar surface area (TPSA) is 71.5 Å². The minimum atomic E-state index is 0.0230. The Bertz CT molecular complexity index is 976. The number of aryl methyl sites for hydroxylation is 1. The standard InChI is InChI=1S/C28H37N3O3/c1-19(2)21-7-9-22(10-8-21)27(32)30-24-11-6-20(3)26(17-24)34-25-12-15-31(16-13-25)28(33)23-5-4-14-29-18-23/h4-6,11,14,17-19,21-22,25H,7-10,12-13,15-16H2,1-3H3,(H,30,32). The smallest absolute Gasteiger partial charge is 0.255 e. The van der Waals surface area contributed by atoms with E-state index in [4.69, 9.17) is 4.74 Å². The molecule has 6 nitrogen and oxygen atoms in total. The number of hydrogen-bond acceptors (Lipinski definition) is 4. The molecule has 2 amide bonds. The van der Waals surface area contributed by atoms with E-state index in [0.717, 1.165) is 61.4 Å². The van der Waals surface area contributed by atoms with Gasteiger partial charge in [-0.05, 0) is 68.2 Å². The lowest BCUT2D eigenvalue weighted by molar-refractivity contribution is -0.121. The maximum absolute atomic E-state index is 12.9. The zero-order valence-electron chi connectivity index (χ0n) is 20.6. The number of nitrogens with one attached hydrogen (secondary N) is 1. The Labute approximate surface area is 203 Å². The molecule has 1 N–H and O–H groups in total. The Morgan fingerprint density at radius 1 is 1.06 bits per heavy atom. The number of aromatic nitrogens is 1. The molecule has 6 heteroatoms. The van der Waals surface area contributed by atoms with Crippen LogP contribution in [0.25, 0.3) is 0 Å². The fourth-order valence-electron chi connectivity index (χ4n) is 5.13. The Morgan fingerprint density at radius 2 is 1.79 bits per heavy atom. The third kappa shape index (κ3) is 5.96. The number of likely N-dealkylation sites (tertiary alicyclic amines) is 1. The molecule has 1 saturated heterocycles. The SMILES string of the molecule is Cc1ccc(NC(=O)C2CCC(C(C)C)CC2)cc1OC1CCN(C(=O)c2cccnc2)CC1. The van der Waals surface area contributed by atoms with E-state index in [-0.39, 0.29) is 23.8 Å². The van der Waals surface area contributed by atoms with Gasteiger partial charge in [0, 0.05) is 56.0 Å². The second-order valence-corrected chi connectivity index (χ2v) is 10.2. The fourth-order valence-corrected chi connectivity index (χ4v) is 5.13. The molecule has 1 aromatic heterocycles. The average Bonchev–Trinajstić information content (AvgIpc) is 2.86. The van der Waals surface area contributed by atoms with Crippen molar-refractivity contribution in [3.8, 4) is 5.75 Å². The van der Waals surface area contributed by atoms with Gasteiger partial charge in [0.15, 0.2) is 0 Å². The number of hydrogen-bond donors (Lipinski definition) is 1. The van der Waals surface area contributed by atoms with Crippen molar-refractivity contribution in [1.82, 2.24) is 9.88 Å². The molecule has 2 heterocycles. The van der Waals surface area contributed by atoms with E-state index in [0.29, 0.717) is 24.6 Å². The number of ether oxygens (including phenoxy) is 1. The van der Waals surface area contributed by atoms with Crippen molar-refractivity contribution in [1.29, 1.82) is 0 Å². The molecule has 1 saturated carbocycles. The molecule has 0 bridgehead atoms. The van der Waals surface area contributed by atoms with Crippen LogP contribution in [0.4, 0.5) is 5.69 Å². The predicted octanol–water partition coefficient (Wildman–Crippen LogP) is 5.47. The molecule has 2 aromatic rings. The van der Waals surface area contributed by atoms with Gasteiger partial charge in [0.05, 0.1) is 5.56 Å². The van der Waals surface area contributed by atoms with Crippen molar-refractivity contribution in [2.75, 3.05) is 18.4 Å². The molecule has 2 fully saturated rings. The third-order valence-electron chi connectivity index (χ3n) is 7.47. The summed E-state index contributed by atoms with van der Waals surface area (Å²) < 4.78 is 6.33. The van der Waals surface area contributed by atoms with Crippen molar-refractivity contribution in [2.45, 2.75) is 65.4 Å². The zero-order valence-corrected chi connectivity index (χ0v) is 20.6. The van der Waals surface area contributed by atoms with Crippen molar-refractivity contribution >= 4 is 17.5 Å². The first kappa shape index (κ1) is 24.2. The summed E-state index contributed by atoms with van der Waals surface area (Å²) in [6.07, 6.45) is 9.12. The van der Waals surface area contributed by atoms with Gasteiger partial charge in [0.25, 0.3) is 5.91 Å². The van der Waals surface area contributed by atoms with Crippen LogP contribution in [0.5, 0.6) is 5.75 Å². The van der Waals surface area contributed by atoms with Gasteiger partial charge < -0.3 is 15.0 Å². The molecule has 0 atom stereocenters. The Kier molecular flexibility index (Phi) is 7.86. The number of piperidine rings is 1. The molecular weight excluding hydrogens is 426 g/mol. The van der Waals surface area contributed by atoms with Crippen molar-refractivity contribution < 1.29 is 14.3 Å². The minimum absolute atomic E-state index is 0.0230. The summed E-state index contributed by atoms with van der Waals surface area (Å²) in [7, 11) is 0. The highest BCUT2D eigenvalue weighted by Crippen LogP contribution is 2.34. The van der Waals surface area contributed by atoms with Crippen LogP contribution in [0.1, 0.15) is 68.3 Å². The molecule has 4 rings (SSSR count). The largest absolute Gasteiger partial charge is 0.490 e. The maximum Gasteiger partial charge on any atom is 0.255 e. The lowest BCUT2D eigenvalue weighted by atomic mass is 9.76. The number of nitrogens with zero attached hydrogens (tertiary/aromatic N) is 2. The Balaban J connectivity index is 1.30. The van der Waals surface area contributed by atoms with E-state index in [9.17, 15) is 9.59 Å². The van der Waals surface area contributed by atoms with E-state index in [1.54, 1.807) is 24.5 Å². The van der Waals surface area contributed by atoms with E-state index in [1.807, 2.05) is 30.0 Å². The molecule has 34 heavy (non-hydrogen) atoms. The van der Waals surface area contributed by atoms with Crippen LogP contribution in [-0.2, 0) is 4.79 Å². The van der Waals surface area contributed by atoms with Crippen molar-refractivity contribution in [3.05, 3.63) is 53.9 Å². The normalized spacial score (nSPS) is 21.4. The number of carbonyl (C=O) groups is 2. The zero-order chi connectivity index (χ0) is 24.1. The summed E-state index contributed by atoms with van der Waals surface area (Å²) >= 11 is 0. The molecular formula is C28H37N3O3. The highest BCUT2D eigenvalue weighted by Gasteiger charge is 2.28. The molecule has 0 spiro atoms. The van der Waals surface area contributed by atoms with Gasteiger partial charge in [0.1, 0.15) is 11.9 Å². The second kappa shape index (κ2) is 11.0. The average molecular weight is 464 g/mol. The summed E-state index contributed by atoms with van der Waals surface area (Å²) in [5.41, 5.74) is 2.46. The van der Waals surface area contributed by atoms with E-state index < -0.39 is 0 Å². The van der Waals surface area contributed by atoms with E-state index in [1.165, 1.54) is 0 Å². The van der Waals surface area contributed by atoms with Gasteiger partial charge in [-0.25, -0.2) is 0 Å². The summed E-state index contributed by atoms with van der Waals surface area (Å²) in [5, 5.41) is 3.12. The molecule has 0 unspecified atom stereocenters.